The van der Waals surface area contributed by atoms with Crippen LogP contribution in [-0.2, 0) is 0 Å². The van der Waals surface area contributed by atoms with Crippen molar-refractivity contribution in [2.45, 2.75) is 64.0 Å². The van der Waals surface area contributed by atoms with Gasteiger partial charge < -0.3 is 5.11 Å². The van der Waals surface area contributed by atoms with Gasteiger partial charge in [0.05, 0.1) is 6.10 Å². The summed E-state index contributed by atoms with van der Waals surface area (Å²) in [6.45, 7) is 3.17. The summed E-state index contributed by atoms with van der Waals surface area (Å²) in [6.07, 6.45) is 7.85. The Morgan fingerprint density at radius 3 is 2.85 bits per heavy atom. The lowest BCUT2D eigenvalue weighted by Gasteiger charge is -2.22. The van der Waals surface area contributed by atoms with E-state index in [9.17, 15) is 5.11 Å². The van der Waals surface area contributed by atoms with Gasteiger partial charge in [-0.15, -0.1) is 0 Å². The Balaban J connectivity index is 2.03. The molecule has 1 heterocycles. The molecule has 77 valence electrons. The standard InChI is InChI=1S/C11H22NO/c1-2-5-11(13)8-7-10-6-3-4-9-12-10/h10-11,13H,2-9H2,1H3. The average molecular weight is 184 g/mol. The molecule has 0 amide bonds. The van der Waals surface area contributed by atoms with Crippen LogP contribution in [0.1, 0.15) is 51.9 Å². The molecule has 1 radical (unpaired) electrons. The quantitative estimate of drug-likeness (QED) is 0.697. The molecule has 0 spiro atoms. The van der Waals surface area contributed by atoms with Gasteiger partial charge in [-0.1, -0.05) is 19.8 Å². The molecular weight excluding hydrogens is 162 g/mol. The molecule has 1 rings (SSSR count). The van der Waals surface area contributed by atoms with E-state index in [1.54, 1.807) is 0 Å². The van der Waals surface area contributed by atoms with Gasteiger partial charge in [-0.05, 0) is 32.1 Å². The molecule has 1 aliphatic rings. The highest BCUT2D eigenvalue weighted by Crippen LogP contribution is 2.15. The van der Waals surface area contributed by atoms with Crippen molar-refractivity contribution >= 4 is 0 Å². The lowest BCUT2D eigenvalue weighted by atomic mass is 9.98. The summed E-state index contributed by atoms with van der Waals surface area (Å²) < 4.78 is 0. The summed E-state index contributed by atoms with van der Waals surface area (Å²) >= 11 is 0. The second-order valence-electron chi connectivity index (χ2n) is 4.08. The first-order valence-corrected chi connectivity index (χ1v) is 5.67. The molecule has 2 atom stereocenters. The lowest BCUT2D eigenvalue weighted by Crippen LogP contribution is -2.28. The van der Waals surface area contributed by atoms with E-state index in [0.29, 0.717) is 6.04 Å². The molecule has 1 saturated heterocycles. The van der Waals surface area contributed by atoms with E-state index < -0.39 is 0 Å². The molecule has 0 saturated carbocycles. The minimum Gasteiger partial charge on any atom is -0.393 e. The lowest BCUT2D eigenvalue weighted by molar-refractivity contribution is 0.144. The van der Waals surface area contributed by atoms with E-state index in [2.05, 4.69) is 12.2 Å². The molecule has 2 nitrogen and oxygen atoms in total. The summed E-state index contributed by atoms with van der Waals surface area (Å²) in [5.74, 6) is 0. The number of hydrogen-bond acceptors (Lipinski definition) is 1. The summed E-state index contributed by atoms with van der Waals surface area (Å²) in [5, 5.41) is 14.1. The zero-order valence-corrected chi connectivity index (χ0v) is 8.71. The molecule has 0 aromatic carbocycles. The second-order valence-corrected chi connectivity index (χ2v) is 4.08. The summed E-state index contributed by atoms with van der Waals surface area (Å²) in [4.78, 5) is 0. The Morgan fingerprint density at radius 2 is 2.23 bits per heavy atom. The molecule has 2 heteroatoms. The smallest absolute Gasteiger partial charge is 0.0540 e. The van der Waals surface area contributed by atoms with Crippen LogP contribution in [0.15, 0.2) is 0 Å². The fraction of sp³-hybridized carbons (Fsp3) is 1.00. The fourth-order valence-electron chi connectivity index (χ4n) is 1.95. The maximum absolute atomic E-state index is 9.54. The Morgan fingerprint density at radius 1 is 1.38 bits per heavy atom. The normalized spacial score (nSPS) is 25.8. The van der Waals surface area contributed by atoms with Crippen molar-refractivity contribution in [3.8, 4) is 0 Å². The predicted octanol–water partition coefficient (Wildman–Crippen LogP) is 2.08. The number of nitrogens with zero attached hydrogens (tertiary/aromatic N) is 1. The molecule has 0 aromatic heterocycles. The first-order valence-electron chi connectivity index (χ1n) is 5.67. The molecule has 2 unspecified atom stereocenters. The van der Waals surface area contributed by atoms with Crippen LogP contribution in [0.3, 0.4) is 0 Å². The maximum atomic E-state index is 9.54. The molecule has 1 aliphatic heterocycles. The molecule has 0 aliphatic carbocycles. The van der Waals surface area contributed by atoms with Crippen molar-refractivity contribution in [3.63, 3.8) is 0 Å². The molecule has 1 fully saturated rings. The zero-order chi connectivity index (χ0) is 9.52. The first kappa shape index (κ1) is 11.0. The van der Waals surface area contributed by atoms with Gasteiger partial charge in [0.15, 0.2) is 0 Å². The minimum atomic E-state index is -0.0814. The van der Waals surface area contributed by atoms with E-state index in [1.807, 2.05) is 0 Å². The SMILES string of the molecule is CCCC(O)CCC1CCCC[N]1. The van der Waals surface area contributed by atoms with Crippen molar-refractivity contribution in [2.24, 2.45) is 0 Å². The number of aliphatic hydroxyl groups excluding tert-OH is 1. The highest BCUT2D eigenvalue weighted by atomic mass is 16.3. The van der Waals surface area contributed by atoms with E-state index >= 15 is 0 Å². The van der Waals surface area contributed by atoms with Gasteiger partial charge >= 0.3 is 0 Å². The predicted molar refractivity (Wildman–Crippen MR) is 54.8 cm³/mol. The highest BCUT2D eigenvalue weighted by Gasteiger charge is 2.14. The summed E-state index contributed by atoms with van der Waals surface area (Å²) in [5.41, 5.74) is 0. The van der Waals surface area contributed by atoms with Gasteiger partial charge in [0.1, 0.15) is 0 Å². The van der Waals surface area contributed by atoms with Crippen molar-refractivity contribution < 1.29 is 5.11 Å². The van der Waals surface area contributed by atoms with E-state index in [0.717, 1.165) is 32.2 Å². The van der Waals surface area contributed by atoms with E-state index in [1.165, 1.54) is 19.3 Å². The van der Waals surface area contributed by atoms with Crippen LogP contribution in [0.5, 0.6) is 0 Å². The zero-order valence-electron chi connectivity index (χ0n) is 8.71. The average Bonchev–Trinajstić information content (AvgIpc) is 2.17. The van der Waals surface area contributed by atoms with Crippen LogP contribution in [0, 0.1) is 0 Å². The first-order chi connectivity index (χ1) is 6.33. The Kier molecular flexibility index (Phi) is 5.40. The summed E-state index contributed by atoms with van der Waals surface area (Å²) in [6, 6.07) is 0.556. The monoisotopic (exact) mass is 184 g/mol. The van der Waals surface area contributed by atoms with Crippen molar-refractivity contribution in [1.82, 2.24) is 5.32 Å². The van der Waals surface area contributed by atoms with Crippen molar-refractivity contribution in [2.75, 3.05) is 6.54 Å². The highest BCUT2D eigenvalue weighted by molar-refractivity contribution is 4.72. The Hall–Kier alpha value is -0.0800. The minimum absolute atomic E-state index is 0.0814. The third-order valence-electron chi connectivity index (χ3n) is 2.79. The van der Waals surface area contributed by atoms with Crippen LogP contribution < -0.4 is 5.32 Å². The summed E-state index contributed by atoms with van der Waals surface area (Å²) in [7, 11) is 0. The maximum Gasteiger partial charge on any atom is 0.0540 e. The van der Waals surface area contributed by atoms with Gasteiger partial charge in [-0.25, -0.2) is 5.32 Å². The number of piperidine rings is 1. The molecule has 0 bridgehead atoms. The van der Waals surface area contributed by atoms with Crippen LogP contribution in [0.25, 0.3) is 0 Å². The fourth-order valence-corrected chi connectivity index (χ4v) is 1.95. The van der Waals surface area contributed by atoms with Gasteiger partial charge in [-0.3, -0.25) is 0 Å². The van der Waals surface area contributed by atoms with Crippen molar-refractivity contribution in [3.05, 3.63) is 0 Å². The van der Waals surface area contributed by atoms with Crippen LogP contribution in [0.4, 0.5) is 0 Å². The topological polar surface area (TPSA) is 34.3 Å². The van der Waals surface area contributed by atoms with Gasteiger partial charge in [0, 0.05) is 12.6 Å². The largest absolute Gasteiger partial charge is 0.393 e. The van der Waals surface area contributed by atoms with E-state index in [-0.39, 0.29) is 6.10 Å². The number of rotatable bonds is 5. The van der Waals surface area contributed by atoms with Gasteiger partial charge in [-0.2, -0.15) is 0 Å². The third-order valence-corrected chi connectivity index (χ3v) is 2.79. The molecular formula is C11H22NO. The van der Waals surface area contributed by atoms with Crippen molar-refractivity contribution in [1.29, 1.82) is 0 Å². The number of hydrogen-bond donors (Lipinski definition) is 1. The van der Waals surface area contributed by atoms with Crippen LogP contribution in [0.2, 0.25) is 0 Å². The Labute approximate surface area is 81.7 Å². The van der Waals surface area contributed by atoms with E-state index in [4.69, 9.17) is 0 Å². The molecule has 13 heavy (non-hydrogen) atoms. The second kappa shape index (κ2) is 6.39. The molecule has 1 N–H and O–H groups in total. The van der Waals surface area contributed by atoms with Gasteiger partial charge in [0.25, 0.3) is 0 Å². The Bertz CT molecular complexity index is 121. The van der Waals surface area contributed by atoms with Gasteiger partial charge in [0.2, 0.25) is 0 Å². The number of aliphatic hydroxyl groups is 1. The molecule has 0 aromatic rings. The van der Waals surface area contributed by atoms with Crippen LogP contribution in [-0.4, -0.2) is 23.8 Å². The van der Waals surface area contributed by atoms with Crippen LogP contribution >= 0.6 is 0 Å². The third kappa shape index (κ3) is 4.63.